The smallest absolute Gasteiger partial charge is 0.339 e. The molecule has 0 heterocycles. The predicted molar refractivity (Wildman–Crippen MR) is 69.1 cm³/mol. The number of ether oxygens (including phenoxy) is 1. The van der Waals surface area contributed by atoms with Gasteiger partial charge in [0.2, 0.25) is 0 Å². The van der Waals surface area contributed by atoms with Crippen molar-refractivity contribution in [2.45, 2.75) is 6.61 Å². The number of hydrogen-bond donors (Lipinski definition) is 1. The number of rotatable bonds is 4. The van der Waals surface area contributed by atoms with E-state index < -0.39 is 11.8 Å². The largest absolute Gasteiger partial charge is 0.488 e. The first kappa shape index (κ1) is 13.4. The molecule has 0 amide bonds. The van der Waals surface area contributed by atoms with Gasteiger partial charge in [-0.15, -0.1) is 0 Å². The second kappa shape index (κ2) is 5.71. The predicted octanol–water partition coefficient (Wildman–Crippen LogP) is 3.76. The molecule has 98 valence electrons. The van der Waals surface area contributed by atoms with E-state index in [0.29, 0.717) is 5.02 Å². The molecule has 0 aromatic heterocycles. The average Bonchev–Trinajstić information content (AvgIpc) is 2.38. The Balaban J connectivity index is 2.20. The summed E-state index contributed by atoms with van der Waals surface area (Å²) in [5, 5.41) is 9.50. The van der Waals surface area contributed by atoms with Crippen LogP contribution in [0.5, 0.6) is 5.75 Å². The molecule has 0 aliphatic rings. The second-order valence-corrected chi connectivity index (χ2v) is 4.23. The van der Waals surface area contributed by atoms with E-state index in [9.17, 15) is 9.18 Å². The lowest BCUT2D eigenvalue weighted by atomic mass is 10.2. The van der Waals surface area contributed by atoms with Gasteiger partial charge in [0.25, 0.3) is 0 Å². The summed E-state index contributed by atoms with van der Waals surface area (Å²) in [6.45, 7) is 0.117. The summed E-state index contributed by atoms with van der Waals surface area (Å²) >= 11 is 5.96. The van der Waals surface area contributed by atoms with Gasteiger partial charge in [-0.3, -0.25) is 0 Å². The molecule has 0 bridgehead atoms. The van der Waals surface area contributed by atoms with Crippen LogP contribution in [-0.4, -0.2) is 11.1 Å². The van der Waals surface area contributed by atoms with Gasteiger partial charge in [-0.1, -0.05) is 29.8 Å². The fourth-order valence-electron chi connectivity index (χ4n) is 1.57. The van der Waals surface area contributed by atoms with E-state index in [0.717, 1.165) is 17.7 Å². The van der Waals surface area contributed by atoms with Crippen molar-refractivity contribution in [3.63, 3.8) is 0 Å². The molecule has 0 atom stereocenters. The van der Waals surface area contributed by atoms with Crippen molar-refractivity contribution in [1.29, 1.82) is 0 Å². The van der Waals surface area contributed by atoms with Crippen LogP contribution in [0.15, 0.2) is 42.5 Å². The van der Waals surface area contributed by atoms with Crippen LogP contribution in [0.2, 0.25) is 5.02 Å². The third kappa shape index (κ3) is 3.23. The second-order valence-electron chi connectivity index (χ2n) is 3.83. The molecule has 0 aliphatic carbocycles. The molecule has 0 radical (unpaired) electrons. The van der Waals surface area contributed by atoms with Crippen molar-refractivity contribution in [3.8, 4) is 5.75 Å². The highest BCUT2D eigenvalue weighted by atomic mass is 35.5. The molecule has 0 aliphatic heterocycles. The van der Waals surface area contributed by atoms with Gasteiger partial charge in [0.05, 0.1) is 0 Å². The van der Waals surface area contributed by atoms with Gasteiger partial charge in [-0.2, -0.15) is 0 Å². The van der Waals surface area contributed by atoms with Crippen LogP contribution in [0.3, 0.4) is 0 Å². The summed E-state index contributed by atoms with van der Waals surface area (Å²) < 4.78 is 18.4. The first-order valence-electron chi connectivity index (χ1n) is 5.47. The normalized spacial score (nSPS) is 10.2. The Hall–Kier alpha value is -2.07. The minimum atomic E-state index is -1.24. The molecule has 2 aromatic rings. The Kier molecular flexibility index (Phi) is 4.02. The van der Waals surface area contributed by atoms with Gasteiger partial charge in [0, 0.05) is 10.6 Å². The molecular weight excluding hydrogens is 271 g/mol. The molecule has 0 saturated heterocycles. The standard InChI is InChI=1S/C14H10ClFO3/c15-12-4-2-1-3-9(12)8-19-13-6-5-10(16)7-11(13)14(17)18/h1-7H,8H2,(H,17,18). The molecule has 2 rings (SSSR count). The fraction of sp³-hybridized carbons (Fsp3) is 0.0714. The van der Waals surface area contributed by atoms with E-state index in [4.69, 9.17) is 21.4 Å². The molecule has 0 saturated carbocycles. The SMILES string of the molecule is O=C(O)c1cc(F)ccc1OCc1ccccc1Cl. The number of carboxylic acid groups (broad SMARTS) is 1. The lowest BCUT2D eigenvalue weighted by Gasteiger charge is -2.10. The molecule has 2 aromatic carbocycles. The first-order chi connectivity index (χ1) is 9.08. The highest BCUT2D eigenvalue weighted by Gasteiger charge is 2.13. The maximum atomic E-state index is 13.0. The van der Waals surface area contributed by atoms with Crippen LogP contribution in [0, 0.1) is 5.82 Å². The van der Waals surface area contributed by atoms with Gasteiger partial charge in [-0.05, 0) is 24.3 Å². The Morgan fingerprint density at radius 3 is 2.68 bits per heavy atom. The van der Waals surface area contributed by atoms with Gasteiger partial charge in [-0.25, -0.2) is 9.18 Å². The van der Waals surface area contributed by atoms with Crippen molar-refractivity contribution in [3.05, 3.63) is 64.4 Å². The summed E-state index contributed by atoms with van der Waals surface area (Å²) in [6, 6.07) is 10.4. The molecule has 1 N–H and O–H groups in total. The van der Waals surface area contributed by atoms with Gasteiger partial charge in [0.15, 0.2) is 0 Å². The van der Waals surface area contributed by atoms with Crippen molar-refractivity contribution in [1.82, 2.24) is 0 Å². The molecule has 19 heavy (non-hydrogen) atoms. The van der Waals surface area contributed by atoms with E-state index in [-0.39, 0.29) is 17.9 Å². The van der Waals surface area contributed by atoms with E-state index in [2.05, 4.69) is 0 Å². The van der Waals surface area contributed by atoms with Crippen LogP contribution in [0.25, 0.3) is 0 Å². The summed E-state index contributed by atoms with van der Waals surface area (Å²) in [6.07, 6.45) is 0. The number of aromatic carboxylic acids is 1. The molecule has 0 unspecified atom stereocenters. The van der Waals surface area contributed by atoms with Gasteiger partial charge >= 0.3 is 5.97 Å². The quantitative estimate of drug-likeness (QED) is 0.927. The van der Waals surface area contributed by atoms with Crippen molar-refractivity contribution in [2.75, 3.05) is 0 Å². The Morgan fingerprint density at radius 2 is 2.00 bits per heavy atom. The maximum absolute atomic E-state index is 13.0. The number of benzene rings is 2. The zero-order chi connectivity index (χ0) is 13.8. The van der Waals surface area contributed by atoms with Crippen LogP contribution in [0.1, 0.15) is 15.9 Å². The zero-order valence-electron chi connectivity index (χ0n) is 9.77. The third-order valence-corrected chi connectivity index (χ3v) is 2.88. The molecule has 3 nitrogen and oxygen atoms in total. The minimum Gasteiger partial charge on any atom is -0.488 e. The lowest BCUT2D eigenvalue weighted by molar-refractivity contribution is 0.0691. The molecule has 0 spiro atoms. The Bertz CT molecular complexity index is 613. The average molecular weight is 281 g/mol. The van der Waals surface area contributed by atoms with E-state index in [1.54, 1.807) is 24.3 Å². The van der Waals surface area contributed by atoms with Crippen LogP contribution >= 0.6 is 11.6 Å². The van der Waals surface area contributed by atoms with Crippen LogP contribution in [0.4, 0.5) is 4.39 Å². The number of halogens is 2. The Morgan fingerprint density at radius 1 is 1.26 bits per heavy atom. The minimum absolute atomic E-state index is 0.105. The maximum Gasteiger partial charge on any atom is 0.339 e. The van der Waals surface area contributed by atoms with E-state index in [1.165, 1.54) is 6.07 Å². The van der Waals surface area contributed by atoms with Gasteiger partial charge in [0.1, 0.15) is 23.7 Å². The Labute approximate surface area is 114 Å². The summed E-state index contributed by atoms with van der Waals surface area (Å²) in [5.41, 5.74) is 0.511. The topological polar surface area (TPSA) is 46.5 Å². The summed E-state index contributed by atoms with van der Waals surface area (Å²) in [4.78, 5) is 11.0. The molecule has 5 heteroatoms. The highest BCUT2D eigenvalue weighted by Crippen LogP contribution is 2.23. The molecular formula is C14H10ClFO3. The third-order valence-electron chi connectivity index (χ3n) is 2.51. The molecule has 0 fully saturated rings. The number of hydrogen-bond acceptors (Lipinski definition) is 2. The van der Waals surface area contributed by atoms with Crippen molar-refractivity contribution in [2.24, 2.45) is 0 Å². The fourth-order valence-corrected chi connectivity index (χ4v) is 1.76. The number of carbonyl (C=O) groups is 1. The van der Waals surface area contributed by atoms with E-state index >= 15 is 0 Å². The van der Waals surface area contributed by atoms with Crippen molar-refractivity contribution >= 4 is 17.6 Å². The van der Waals surface area contributed by atoms with Gasteiger partial charge < -0.3 is 9.84 Å². The van der Waals surface area contributed by atoms with Crippen molar-refractivity contribution < 1.29 is 19.0 Å². The summed E-state index contributed by atoms with van der Waals surface area (Å²) in [7, 11) is 0. The lowest BCUT2D eigenvalue weighted by Crippen LogP contribution is -2.04. The summed E-state index contributed by atoms with van der Waals surface area (Å²) in [5.74, 6) is -1.76. The highest BCUT2D eigenvalue weighted by molar-refractivity contribution is 6.31. The van der Waals surface area contributed by atoms with Crippen LogP contribution in [-0.2, 0) is 6.61 Å². The monoisotopic (exact) mass is 280 g/mol. The van der Waals surface area contributed by atoms with Crippen LogP contribution < -0.4 is 4.74 Å². The zero-order valence-corrected chi connectivity index (χ0v) is 10.5. The number of carboxylic acids is 1. The first-order valence-corrected chi connectivity index (χ1v) is 5.85. The van der Waals surface area contributed by atoms with E-state index in [1.807, 2.05) is 0 Å².